The van der Waals surface area contributed by atoms with Crippen LogP contribution >= 0.6 is 11.6 Å². The van der Waals surface area contributed by atoms with Crippen LogP contribution in [0.5, 0.6) is 5.75 Å². The summed E-state index contributed by atoms with van der Waals surface area (Å²) in [5.41, 5.74) is 17.4. The van der Waals surface area contributed by atoms with Crippen LogP contribution < -0.4 is 43.2 Å². The van der Waals surface area contributed by atoms with Crippen LogP contribution in [0.15, 0.2) is 34.3 Å². The number of rotatable bonds is 22. The number of carbonyl (C=O) groups is 4. The van der Waals surface area contributed by atoms with Gasteiger partial charge in [0.15, 0.2) is 28.4 Å². The van der Waals surface area contributed by atoms with E-state index in [0.717, 1.165) is 43.4 Å². The minimum absolute atomic E-state index is 0.0681. The van der Waals surface area contributed by atoms with E-state index in [1.165, 1.54) is 0 Å². The molecule has 0 saturated heterocycles. The largest absolute Gasteiger partial charge is 0.492 e. The van der Waals surface area contributed by atoms with E-state index in [1.54, 1.807) is 48.5 Å². The van der Waals surface area contributed by atoms with E-state index < -0.39 is 35.3 Å². The van der Waals surface area contributed by atoms with E-state index >= 15 is 0 Å². The summed E-state index contributed by atoms with van der Waals surface area (Å²) >= 11 is 5.83. The van der Waals surface area contributed by atoms with Crippen molar-refractivity contribution >= 4 is 58.9 Å². The summed E-state index contributed by atoms with van der Waals surface area (Å²) in [6.45, 7) is 15.1. The Morgan fingerprint density at radius 2 is 1.54 bits per heavy atom. The highest BCUT2D eigenvalue weighted by molar-refractivity contribution is 6.31. The molecule has 1 atom stereocenters. The molecular formula is C40H64ClN11O7. The van der Waals surface area contributed by atoms with E-state index in [9.17, 15) is 19.2 Å². The van der Waals surface area contributed by atoms with Gasteiger partial charge in [0.05, 0.1) is 0 Å². The second-order valence-corrected chi connectivity index (χ2v) is 16.2. The van der Waals surface area contributed by atoms with Gasteiger partial charge in [-0.15, -0.1) is 0 Å². The number of hydrogen-bond acceptors (Lipinski definition) is 13. The Hall–Kier alpha value is -5.23. The number of ether oxygens (including phenoxy) is 3. The van der Waals surface area contributed by atoms with Crippen molar-refractivity contribution in [3.8, 4) is 5.75 Å². The van der Waals surface area contributed by atoms with Crippen molar-refractivity contribution in [2.75, 3.05) is 44.3 Å². The van der Waals surface area contributed by atoms with E-state index in [1.807, 2.05) is 24.3 Å². The molecule has 19 heteroatoms. The van der Waals surface area contributed by atoms with Crippen molar-refractivity contribution in [2.45, 2.75) is 123 Å². The lowest BCUT2D eigenvalue weighted by atomic mass is 10.1. The van der Waals surface area contributed by atoms with Crippen LogP contribution in [-0.2, 0) is 20.7 Å². The Morgan fingerprint density at radius 3 is 2.22 bits per heavy atom. The third-order valence-electron chi connectivity index (χ3n) is 8.03. The number of carbonyl (C=O) groups excluding carboxylic acids is 4. The Bertz CT molecular complexity index is 1730. The predicted molar refractivity (Wildman–Crippen MR) is 231 cm³/mol. The van der Waals surface area contributed by atoms with Crippen LogP contribution in [0.3, 0.4) is 0 Å². The summed E-state index contributed by atoms with van der Waals surface area (Å²) in [6.07, 6.45) is 5.19. The monoisotopic (exact) mass is 845 g/mol. The lowest BCUT2D eigenvalue weighted by Gasteiger charge is -2.23. The van der Waals surface area contributed by atoms with Gasteiger partial charge < -0.3 is 47.4 Å². The molecule has 18 nitrogen and oxygen atoms in total. The summed E-state index contributed by atoms with van der Waals surface area (Å²) in [5.74, 6) is -0.505. The first-order chi connectivity index (χ1) is 27.7. The highest BCUT2D eigenvalue weighted by Crippen LogP contribution is 2.18. The van der Waals surface area contributed by atoms with Crippen LogP contribution in [0.4, 0.5) is 21.2 Å². The molecule has 4 amide bonds. The van der Waals surface area contributed by atoms with Crippen molar-refractivity contribution in [1.29, 1.82) is 0 Å². The van der Waals surface area contributed by atoms with E-state index in [4.69, 9.17) is 43.0 Å². The number of aliphatic imine (C=N–C) groups is 2. The molecule has 2 rings (SSSR count). The fourth-order valence-corrected chi connectivity index (χ4v) is 5.38. The van der Waals surface area contributed by atoms with Gasteiger partial charge in [0.1, 0.15) is 29.6 Å². The normalized spacial score (nSPS) is 12.7. The molecule has 0 unspecified atom stereocenters. The number of nitrogen functional groups attached to an aromatic ring is 2. The fraction of sp³-hybridized carbons (Fsp3) is 0.600. The van der Waals surface area contributed by atoms with Gasteiger partial charge in [0.25, 0.3) is 5.91 Å². The highest BCUT2D eigenvalue weighted by Gasteiger charge is 2.24. The smallest absolute Gasteiger partial charge is 0.434 e. The number of anilines is 2. The molecule has 0 bridgehead atoms. The molecule has 2 aromatic rings. The quantitative estimate of drug-likeness (QED) is 0.0464. The van der Waals surface area contributed by atoms with E-state index in [0.29, 0.717) is 64.2 Å². The highest BCUT2D eigenvalue weighted by atomic mass is 35.5. The van der Waals surface area contributed by atoms with Crippen molar-refractivity contribution in [3.63, 3.8) is 0 Å². The van der Waals surface area contributed by atoms with Crippen molar-refractivity contribution in [3.05, 3.63) is 40.7 Å². The summed E-state index contributed by atoms with van der Waals surface area (Å²) in [6, 6.07) is 7.15. The molecular weight excluding hydrogens is 782 g/mol. The minimum Gasteiger partial charge on any atom is -0.492 e. The number of alkyl carbamates (subject to hydrolysis) is 1. The van der Waals surface area contributed by atoms with Gasteiger partial charge in [0.2, 0.25) is 5.91 Å². The standard InChI is InChI=1S/C40H64ClN11O7/c1-26(48-37(55)58-39(2,3)4)14-9-8-10-16-29(49-38(56)59-40(5,6)7)34(53)46-23-13-21-45-24-25-57-28-19-17-27(18-20-28)15-11-12-22-47-36(44)52-35(54)30-32(42)51-33(43)31(41)50-30/h17-20,29,45H,8-16,21-25H2,1-7H3,(H,46,53)(H,49,56)(H4,42,43,51)(H3,44,47,52,54)/t29-/m0/s1. The number of aryl methyl sites for hydroxylation is 1. The average Bonchev–Trinajstić information content (AvgIpc) is 3.12. The Morgan fingerprint density at radius 1 is 0.847 bits per heavy atom. The number of hydrogen-bond donors (Lipinski definition) is 7. The zero-order valence-corrected chi connectivity index (χ0v) is 36.3. The number of halogens is 1. The Balaban J connectivity index is 1.63. The van der Waals surface area contributed by atoms with Gasteiger partial charge in [-0.1, -0.05) is 36.6 Å². The first kappa shape index (κ1) is 49.9. The Kier molecular flexibility index (Phi) is 21.4. The van der Waals surface area contributed by atoms with E-state index in [2.05, 4.69) is 41.2 Å². The average molecular weight is 846 g/mol. The lowest BCUT2D eigenvalue weighted by molar-refractivity contribution is -0.123. The fourth-order valence-electron chi connectivity index (χ4n) is 5.25. The van der Waals surface area contributed by atoms with Gasteiger partial charge in [0, 0.05) is 25.3 Å². The van der Waals surface area contributed by atoms with Crippen molar-refractivity contribution < 1.29 is 33.4 Å². The summed E-state index contributed by atoms with van der Waals surface area (Å²) in [4.78, 5) is 65.6. The maximum absolute atomic E-state index is 13.0. The van der Waals surface area contributed by atoms with Crippen LogP contribution in [0.25, 0.3) is 0 Å². The maximum Gasteiger partial charge on any atom is 0.434 e. The number of unbranched alkanes of at least 4 members (excludes halogenated alkanes) is 3. The number of nitrogens with two attached hydrogens (primary N) is 3. The predicted octanol–water partition coefficient (Wildman–Crippen LogP) is 5.08. The number of nitrogens with zero attached hydrogens (tertiary/aromatic N) is 4. The van der Waals surface area contributed by atoms with Gasteiger partial charge >= 0.3 is 12.2 Å². The van der Waals surface area contributed by atoms with Crippen LogP contribution in [0, 0.1) is 0 Å². The second kappa shape index (κ2) is 25.3. The van der Waals surface area contributed by atoms with Crippen LogP contribution in [-0.4, -0.2) is 95.7 Å². The second-order valence-electron chi connectivity index (χ2n) is 15.8. The van der Waals surface area contributed by atoms with Crippen molar-refractivity contribution in [2.24, 2.45) is 15.7 Å². The molecule has 10 N–H and O–H groups in total. The molecule has 0 fully saturated rings. The molecule has 328 valence electrons. The SMILES string of the molecule is CC(CCCCC[C@H](NC(=O)OC(C)(C)C)C(=O)NCCCNCCOc1ccc(CCCCN=C(N)NC(=O)c2nc(Cl)c(N)nc2N)cc1)=NC(=O)OC(C)(C)C. The number of guanidine groups is 1. The molecule has 1 aromatic carbocycles. The van der Waals surface area contributed by atoms with Crippen LogP contribution in [0.2, 0.25) is 5.15 Å². The molecule has 0 aliphatic heterocycles. The maximum atomic E-state index is 13.0. The topological polar surface area (TPSA) is 273 Å². The Labute approximate surface area is 352 Å². The summed E-state index contributed by atoms with van der Waals surface area (Å²) in [5, 5.41) is 11.2. The molecule has 0 aliphatic carbocycles. The minimum atomic E-state index is -0.742. The molecule has 0 radical (unpaired) electrons. The van der Waals surface area contributed by atoms with Gasteiger partial charge in [-0.25, -0.2) is 19.6 Å². The molecule has 0 aliphatic rings. The van der Waals surface area contributed by atoms with Gasteiger partial charge in [-0.3, -0.25) is 19.9 Å². The lowest BCUT2D eigenvalue weighted by Crippen LogP contribution is -2.48. The third kappa shape index (κ3) is 22.5. The first-order valence-corrected chi connectivity index (χ1v) is 20.3. The zero-order chi connectivity index (χ0) is 44.0. The molecule has 1 aromatic heterocycles. The number of nitrogens with one attached hydrogen (secondary N) is 4. The zero-order valence-electron chi connectivity index (χ0n) is 35.5. The van der Waals surface area contributed by atoms with Crippen LogP contribution in [0.1, 0.15) is 116 Å². The summed E-state index contributed by atoms with van der Waals surface area (Å²) < 4.78 is 16.5. The van der Waals surface area contributed by atoms with E-state index in [-0.39, 0.29) is 34.3 Å². The summed E-state index contributed by atoms with van der Waals surface area (Å²) in [7, 11) is 0. The third-order valence-corrected chi connectivity index (χ3v) is 8.31. The van der Waals surface area contributed by atoms with Crippen molar-refractivity contribution in [1.82, 2.24) is 31.2 Å². The molecule has 0 spiro atoms. The van der Waals surface area contributed by atoms with Gasteiger partial charge in [-0.2, -0.15) is 4.99 Å². The number of aromatic nitrogens is 2. The molecule has 0 saturated carbocycles. The number of amides is 4. The number of benzene rings is 1. The van der Waals surface area contributed by atoms with Gasteiger partial charge in [-0.05, 0) is 118 Å². The molecule has 1 heterocycles. The first-order valence-electron chi connectivity index (χ1n) is 19.9. The molecule has 59 heavy (non-hydrogen) atoms.